The van der Waals surface area contributed by atoms with Gasteiger partial charge in [-0.1, -0.05) is 48.4 Å². The van der Waals surface area contributed by atoms with Gasteiger partial charge in [-0.05, 0) is 81.3 Å². The third-order valence-corrected chi connectivity index (χ3v) is 8.13. The van der Waals surface area contributed by atoms with Crippen LogP contribution in [0.2, 0.25) is 5.02 Å². The number of nitrogens with zero attached hydrogens (tertiary/aromatic N) is 2. The Morgan fingerprint density at radius 1 is 0.949 bits per heavy atom. The summed E-state index contributed by atoms with van der Waals surface area (Å²) in [6.45, 7) is 6.67. The van der Waals surface area contributed by atoms with Gasteiger partial charge < -0.3 is 10.2 Å². The molecule has 0 saturated heterocycles. The van der Waals surface area contributed by atoms with E-state index in [2.05, 4.69) is 5.32 Å². The summed E-state index contributed by atoms with van der Waals surface area (Å²) in [5, 5.41) is 3.25. The summed E-state index contributed by atoms with van der Waals surface area (Å²) < 4.78 is 42.2. The molecular weight excluding hydrogens is 541 g/mol. The van der Waals surface area contributed by atoms with E-state index in [-0.39, 0.29) is 35.5 Å². The van der Waals surface area contributed by atoms with Gasteiger partial charge in [-0.25, -0.2) is 12.8 Å². The number of hydrogen-bond acceptors (Lipinski definition) is 4. The van der Waals surface area contributed by atoms with Crippen LogP contribution < -0.4 is 9.62 Å². The molecule has 1 atom stereocenters. The predicted molar refractivity (Wildman–Crippen MR) is 151 cm³/mol. The SMILES string of the molecule is CC[C@H](C(=O)NC(C)C)N(Cc1ccc(F)cc1)C(=O)CN(c1ccc(Cl)cc1)S(=O)(=O)c1ccc(C)cc1. The van der Waals surface area contributed by atoms with E-state index in [1.807, 2.05) is 20.8 Å². The average Bonchev–Trinajstić information content (AvgIpc) is 2.88. The summed E-state index contributed by atoms with van der Waals surface area (Å²) >= 11 is 6.04. The first-order valence-electron chi connectivity index (χ1n) is 12.6. The second-order valence-corrected chi connectivity index (χ2v) is 11.8. The van der Waals surface area contributed by atoms with E-state index in [1.165, 1.54) is 53.4 Å². The fourth-order valence-electron chi connectivity index (χ4n) is 4.06. The molecule has 39 heavy (non-hydrogen) atoms. The van der Waals surface area contributed by atoms with Crippen molar-refractivity contribution in [2.24, 2.45) is 0 Å². The Balaban J connectivity index is 2.05. The molecule has 2 amide bonds. The first-order valence-corrected chi connectivity index (χ1v) is 14.4. The molecule has 0 spiro atoms. The molecule has 3 aromatic carbocycles. The van der Waals surface area contributed by atoms with E-state index in [1.54, 1.807) is 31.2 Å². The molecule has 0 heterocycles. The van der Waals surface area contributed by atoms with Gasteiger partial charge in [-0.2, -0.15) is 0 Å². The second-order valence-electron chi connectivity index (χ2n) is 9.54. The molecule has 3 rings (SSSR count). The smallest absolute Gasteiger partial charge is 0.264 e. The molecule has 10 heteroatoms. The van der Waals surface area contributed by atoms with Crippen molar-refractivity contribution in [2.75, 3.05) is 10.8 Å². The molecule has 0 bridgehead atoms. The second kappa shape index (κ2) is 13.1. The zero-order valence-electron chi connectivity index (χ0n) is 22.4. The van der Waals surface area contributed by atoms with Gasteiger partial charge in [-0.15, -0.1) is 0 Å². The van der Waals surface area contributed by atoms with Gasteiger partial charge in [0.1, 0.15) is 18.4 Å². The highest BCUT2D eigenvalue weighted by molar-refractivity contribution is 7.92. The first-order chi connectivity index (χ1) is 18.4. The van der Waals surface area contributed by atoms with Crippen molar-refractivity contribution in [1.29, 1.82) is 0 Å². The van der Waals surface area contributed by atoms with Crippen LogP contribution in [0.5, 0.6) is 0 Å². The van der Waals surface area contributed by atoms with Crippen molar-refractivity contribution >= 4 is 39.1 Å². The number of benzene rings is 3. The van der Waals surface area contributed by atoms with Gasteiger partial charge in [0.2, 0.25) is 11.8 Å². The molecule has 0 unspecified atom stereocenters. The molecule has 1 N–H and O–H groups in total. The molecule has 0 radical (unpaired) electrons. The van der Waals surface area contributed by atoms with Crippen LogP contribution in [-0.4, -0.2) is 43.8 Å². The molecule has 0 saturated carbocycles. The summed E-state index contributed by atoms with van der Waals surface area (Å²) in [7, 11) is -4.17. The number of aryl methyl sites for hydroxylation is 1. The Morgan fingerprint density at radius 3 is 2.08 bits per heavy atom. The quantitative estimate of drug-likeness (QED) is 0.337. The summed E-state index contributed by atoms with van der Waals surface area (Å²) in [4.78, 5) is 28.4. The number of nitrogens with one attached hydrogen (secondary N) is 1. The van der Waals surface area contributed by atoms with E-state index < -0.39 is 34.3 Å². The highest BCUT2D eigenvalue weighted by Gasteiger charge is 2.33. The lowest BCUT2D eigenvalue weighted by atomic mass is 10.1. The van der Waals surface area contributed by atoms with Crippen LogP contribution in [0.1, 0.15) is 38.3 Å². The van der Waals surface area contributed by atoms with E-state index in [0.29, 0.717) is 10.6 Å². The number of sulfonamides is 1. The van der Waals surface area contributed by atoms with E-state index in [4.69, 9.17) is 11.6 Å². The standard InChI is InChI=1S/C29H33ClFN3O4S/c1-5-27(29(36)32-20(2)3)33(18-22-8-12-24(31)13-9-22)28(35)19-34(25-14-10-23(30)11-15-25)39(37,38)26-16-6-21(4)7-17-26/h6-17,20,27H,5,18-19H2,1-4H3,(H,32,36)/t27-/m1/s1. The van der Waals surface area contributed by atoms with Gasteiger partial charge in [0.05, 0.1) is 10.6 Å². The summed E-state index contributed by atoms with van der Waals surface area (Å²) in [5.74, 6) is -1.38. The number of amides is 2. The summed E-state index contributed by atoms with van der Waals surface area (Å²) in [6, 6.07) is 17.0. The fourth-order valence-corrected chi connectivity index (χ4v) is 5.60. The van der Waals surface area contributed by atoms with Crippen LogP contribution in [-0.2, 0) is 26.2 Å². The van der Waals surface area contributed by atoms with Crippen LogP contribution in [0.25, 0.3) is 0 Å². The number of halogens is 2. The zero-order valence-corrected chi connectivity index (χ0v) is 24.0. The maximum atomic E-state index is 13.9. The average molecular weight is 574 g/mol. The monoisotopic (exact) mass is 573 g/mol. The Hall–Kier alpha value is -3.43. The van der Waals surface area contributed by atoms with E-state index >= 15 is 0 Å². The van der Waals surface area contributed by atoms with Gasteiger partial charge in [0.25, 0.3) is 10.0 Å². The molecule has 0 aliphatic heterocycles. The molecule has 0 aliphatic carbocycles. The molecule has 0 fully saturated rings. The van der Waals surface area contributed by atoms with Gasteiger partial charge in [-0.3, -0.25) is 13.9 Å². The van der Waals surface area contributed by atoms with Crippen molar-refractivity contribution in [3.63, 3.8) is 0 Å². The largest absolute Gasteiger partial charge is 0.352 e. The first kappa shape index (κ1) is 30.1. The number of carbonyl (C=O) groups is 2. The number of anilines is 1. The molecular formula is C29H33ClFN3O4S. The van der Waals surface area contributed by atoms with Crippen LogP contribution in [0, 0.1) is 12.7 Å². The Labute approximate surface area is 234 Å². The van der Waals surface area contributed by atoms with Crippen LogP contribution in [0.3, 0.4) is 0 Å². The molecule has 0 aliphatic rings. The lowest BCUT2D eigenvalue weighted by Crippen LogP contribution is -2.53. The maximum Gasteiger partial charge on any atom is 0.264 e. The number of hydrogen-bond donors (Lipinski definition) is 1. The van der Waals surface area contributed by atoms with Gasteiger partial charge >= 0.3 is 0 Å². The van der Waals surface area contributed by atoms with Crippen molar-refractivity contribution in [3.8, 4) is 0 Å². The summed E-state index contributed by atoms with van der Waals surface area (Å²) in [6.07, 6.45) is 0.289. The van der Waals surface area contributed by atoms with Crippen molar-refractivity contribution < 1.29 is 22.4 Å². The normalized spacial score (nSPS) is 12.2. The van der Waals surface area contributed by atoms with Crippen LogP contribution in [0.4, 0.5) is 10.1 Å². The fraction of sp³-hybridized carbons (Fsp3) is 0.310. The molecule has 3 aromatic rings. The minimum atomic E-state index is -4.17. The topological polar surface area (TPSA) is 86.8 Å². The number of carbonyl (C=O) groups excluding carboxylic acids is 2. The van der Waals surface area contributed by atoms with Gasteiger partial charge in [0.15, 0.2) is 0 Å². The van der Waals surface area contributed by atoms with Crippen molar-refractivity contribution in [1.82, 2.24) is 10.2 Å². The predicted octanol–water partition coefficient (Wildman–Crippen LogP) is 5.31. The molecule has 7 nitrogen and oxygen atoms in total. The minimum absolute atomic E-state index is 0.0117. The Morgan fingerprint density at radius 2 is 1.54 bits per heavy atom. The number of rotatable bonds is 11. The third-order valence-electron chi connectivity index (χ3n) is 6.09. The van der Waals surface area contributed by atoms with Crippen LogP contribution in [0.15, 0.2) is 77.7 Å². The minimum Gasteiger partial charge on any atom is -0.352 e. The van der Waals surface area contributed by atoms with Crippen LogP contribution >= 0.6 is 11.6 Å². The van der Waals surface area contributed by atoms with Gasteiger partial charge in [0, 0.05) is 17.6 Å². The molecule has 0 aromatic heterocycles. The van der Waals surface area contributed by atoms with E-state index in [0.717, 1.165) is 9.87 Å². The zero-order chi connectivity index (χ0) is 28.7. The van der Waals surface area contributed by atoms with Crippen molar-refractivity contribution in [2.45, 2.75) is 57.6 Å². The van der Waals surface area contributed by atoms with E-state index in [9.17, 15) is 22.4 Å². The highest BCUT2D eigenvalue weighted by Crippen LogP contribution is 2.26. The lowest BCUT2D eigenvalue weighted by molar-refractivity contribution is -0.140. The summed E-state index contributed by atoms with van der Waals surface area (Å²) in [5.41, 5.74) is 1.73. The third kappa shape index (κ3) is 7.80. The highest BCUT2D eigenvalue weighted by atomic mass is 35.5. The Kier molecular flexibility index (Phi) is 10.1. The van der Waals surface area contributed by atoms with Crippen molar-refractivity contribution in [3.05, 3.63) is 94.8 Å². The molecule has 208 valence electrons. The Bertz CT molecular complexity index is 1380. The maximum absolute atomic E-state index is 13.9. The lowest BCUT2D eigenvalue weighted by Gasteiger charge is -2.33.